The van der Waals surface area contributed by atoms with Crippen LogP contribution in [0.15, 0.2) is 36.5 Å². The molecule has 1 N–H and O–H groups in total. The number of allylic oxidation sites excluding steroid dienone is 6. The van der Waals surface area contributed by atoms with Crippen molar-refractivity contribution in [2.75, 3.05) is 0 Å². The Morgan fingerprint density at radius 3 is 1.91 bits per heavy atom. The Labute approximate surface area is 147 Å². The Bertz CT molecular complexity index is 359. The van der Waals surface area contributed by atoms with Crippen molar-refractivity contribution in [2.24, 2.45) is 0 Å². The summed E-state index contributed by atoms with van der Waals surface area (Å²) < 4.78 is 0. The minimum atomic E-state index is -0.908. The summed E-state index contributed by atoms with van der Waals surface area (Å²) in [4.78, 5) is 10.5. The van der Waals surface area contributed by atoms with E-state index in [9.17, 15) is 4.79 Å². The molecule has 0 aliphatic heterocycles. The largest absolute Gasteiger partial charge is 0.480 e. The van der Waals surface area contributed by atoms with Gasteiger partial charge in [-0.1, -0.05) is 69.1 Å². The van der Waals surface area contributed by atoms with Gasteiger partial charge in [0.15, 0.2) is 0 Å². The molecule has 0 amide bonds. The number of carbonyl (C=O) groups is 1. The first kappa shape index (κ1) is 22.0. The van der Waals surface area contributed by atoms with Gasteiger partial charge in [0.05, 0.1) is 0 Å². The number of rotatable bonds is 15. The van der Waals surface area contributed by atoms with Gasteiger partial charge in [-0.2, -0.15) is 0 Å². The first-order chi connectivity index (χ1) is 11.2. The highest BCUT2D eigenvalue weighted by Crippen LogP contribution is 2.10. The van der Waals surface area contributed by atoms with E-state index in [1.165, 1.54) is 25.7 Å². The number of carboxylic acid groups (broad SMARTS) is 1. The highest BCUT2D eigenvalue weighted by atomic mass is 35.5. The zero-order valence-corrected chi connectivity index (χ0v) is 15.3. The van der Waals surface area contributed by atoms with Crippen molar-refractivity contribution in [3.8, 4) is 0 Å². The monoisotopic (exact) mass is 340 g/mol. The predicted octanol–water partition coefficient (Wildman–Crippen LogP) is 6.66. The van der Waals surface area contributed by atoms with E-state index in [0.29, 0.717) is 6.42 Å². The maximum atomic E-state index is 10.5. The van der Waals surface area contributed by atoms with E-state index in [1.807, 2.05) is 0 Å². The topological polar surface area (TPSA) is 37.3 Å². The molecular weight excluding hydrogens is 308 g/mol. The van der Waals surface area contributed by atoms with Crippen LogP contribution < -0.4 is 0 Å². The molecular formula is C20H33ClO2. The fourth-order valence-electron chi connectivity index (χ4n) is 2.18. The van der Waals surface area contributed by atoms with Crippen LogP contribution in [0.1, 0.15) is 77.6 Å². The van der Waals surface area contributed by atoms with Crippen LogP contribution >= 0.6 is 11.6 Å². The lowest BCUT2D eigenvalue weighted by Gasteiger charge is -2.02. The fourth-order valence-corrected chi connectivity index (χ4v) is 2.33. The van der Waals surface area contributed by atoms with Crippen LogP contribution in [0.4, 0.5) is 0 Å². The van der Waals surface area contributed by atoms with Crippen LogP contribution in [0.5, 0.6) is 0 Å². The quantitative estimate of drug-likeness (QED) is 0.205. The number of halogens is 1. The summed E-state index contributed by atoms with van der Waals surface area (Å²) in [5, 5.41) is 7.93. The van der Waals surface area contributed by atoms with Crippen LogP contribution in [-0.4, -0.2) is 16.5 Å². The summed E-state index contributed by atoms with van der Waals surface area (Å²) >= 11 is 5.65. The maximum absolute atomic E-state index is 10.5. The van der Waals surface area contributed by atoms with E-state index in [-0.39, 0.29) is 0 Å². The average Bonchev–Trinajstić information content (AvgIpc) is 2.54. The lowest BCUT2D eigenvalue weighted by atomic mass is 10.1. The third-order valence-electron chi connectivity index (χ3n) is 3.61. The van der Waals surface area contributed by atoms with Crippen molar-refractivity contribution in [1.29, 1.82) is 0 Å². The van der Waals surface area contributed by atoms with E-state index >= 15 is 0 Å². The minimum absolute atomic E-state index is 0.565. The van der Waals surface area contributed by atoms with Crippen molar-refractivity contribution < 1.29 is 9.90 Å². The van der Waals surface area contributed by atoms with E-state index in [2.05, 4.69) is 43.4 Å². The molecule has 1 unspecified atom stereocenters. The molecule has 3 heteroatoms. The average molecular weight is 341 g/mol. The summed E-state index contributed by atoms with van der Waals surface area (Å²) in [6.07, 6.45) is 25.2. The standard InChI is InChI=1S/C20H33ClO2/c1-2-3-4-5-6-7-8-9-10-11-12-13-14-15-16-17-18-19(21)20(22)23/h6-7,9-10,12-13,19H,2-5,8,11,14-18H2,1H3,(H,22,23)/b7-6-,10-9-,13-12-. The maximum Gasteiger partial charge on any atom is 0.321 e. The van der Waals surface area contributed by atoms with Gasteiger partial charge in [0.1, 0.15) is 5.38 Å². The van der Waals surface area contributed by atoms with Gasteiger partial charge in [0, 0.05) is 0 Å². The summed E-state index contributed by atoms with van der Waals surface area (Å²) in [6.45, 7) is 2.23. The van der Waals surface area contributed by atoms with Crippen LogP contribution in [-0.2, 0) is 4.79 Å². The van der Waals surface area contributed by atoms with Gasteiger partial charge in [0.2, 0.25) is 0 Å². The Kier molecular flexibility index (Phi) is 16.6. The second-order valence-corrected chi connectivity index (χ2v) is 6.35. The lowest BCUT2D eigenvalue weighted by Crippen LogP contribution is -2.12. The fraction of sp³-hybridized carbons (Fsp3) is 0.650. The first-order valence-corrected chi connectivity index (χ1v) is 9.44. The number of hydrogen-bond acceptors (Lipinski definition) is 1. The molecule has 1 atom stereocenters. The molecule has 0 radical (unpaired) electrons. The number of hydrogen-bond donors (Lipinski definition) is 1. The summed E-state index contributed by atoms with van der Waals surface area (Å²) in [6, 6.07) is 0. The molecule has 0 aliphatic rings. The third kappa shape index (κ3) is 17.2. The van der Waals surface area contributed by atoms with Crippen molar-refractivity contribution in [3.05, 3.63) is 36.5 Å². The highest BCUT2D eigenvalue weighted by molar-refractivity contribution is 6.29. The second kappa shape index (κ2) is 17.3. The van der Waals surface area contributed by atoms with Crippen molar-refractivity contribution >= 4 is 17.6 Å². The number of aliphatic carboxylic acids is 1. The van der Waals surface area contributed by atoms with Crippen molar-refractivity contribution in [3.63, 3.8) is 0 Å². The smallest absolute Gasteiger partial charge is 0.321 e. The molecule has 23 heavy (non-hydrogen) atoms. The Morgan fingerprint density at radius 2 is 1.39 bits per heavy atom. The third-order valence-corrected chi connectivity index (χ3v) is 4.02. The van der Waals surface area contributed by atoms with Gasteiger partial charge in [0.25, 0.3) is 0 Å². The Morgan fingerprint density at radius 1 is 0.870 bits per heavy atom. The van der Waals surface area contributed by atoms with E-state index in [4.69, 9.17) is 16.7 Å². The van der Waals surface area contributed by atoms with Gasteiger partial charge in [-0.05, 0) is 44.9 Å². The van der Waals surface area contributed by atoms with Gasteiger partial charge in [-0.25, -0.2) is 0 Å². The summed E-state index contributed by atoms with van der Waals surface area (Å²) in [7, 11) is 0. The van der Waals surface area contributed by atoms with E-state index in [0.717, 1.165) is 38.5 Å². The molecule has 0 aliphatic carbocycles. The van der Waals surface area contributed by atoms with Crippen LogP contribution in [0.3, 0.4) is 0 Å². The molecule has 0 aromatic carbocycles. The molecule has 0 rings (SSSR count). The van der Waals surface area contributed by atoms with E-state index < -0.39 is 11.3 Å². The van der Waals surface area contributed by atoms with Crippen LogP contribution in [0.2, 0.25) is 0 Å². The molecule has 0 saturated heterocycles. The second-order valence-electron chi connectivity index (χ2n) is 5.83. The van der Waals surface area contributed by atoms with Crippen molar-refractivity contribution in [1.82, 2.24) is 0 Å². The van der Waals surface area contributed by atoms with Crippen molar-refractivity contribution in [2.45, 2.75) is 82.9 Å². The number of unbranched alkanes of at least 4 members (excludes halogenated alkanes) is 6. The molecule has 0 saturated carbocycles. The van der Waals surface area contributed by atoms with Gasteiger partial charge in [-0.3, -0.25) is 4.79 Å². The molecule has 2 nitrogen and oxygen atoms in total. The molecule has 0 spiro atoms. The predicted molar refractivity (Wildman–Crippen MR) is 101 cm³/mol. The Balaban J connectivity index is 3.37. The molecule has 0 bridgehead atoms. The first-order valence-electron chi connectivity index (χ1n) is 9.00. The molecule has 132 valence electrons. The molecule has 0 heterocycles. The molecule has 0 fully saturated rings. The normalized spacial score (nSPS) is 13.5. The lowest BCUT2D eigenvalue weighted by molar-refractivity contribution is -0.136. The number of carboxylic acids is 1. The van der Waals surface area contributed by atoms with Gasteiger partial charge < -0.3 is 5.11 Å². The van der Waals surface area contributed by atoms with E-state index in [1.54, 1.807) is 0 Å². The summed E-state index contributed by atoms with van der Waals surface area (Å²) in [5.41, 5.74) is 0. The molecule has 0 aromatic rings. The zero-order valence-electron chi connectivity index (χ0n) is 14.6. The van der Waals surface area contributed by atoms with Gasteiger partial charge >= 0.3 is 5.97 Å². The minimum Gasteiger partial charge on any atom is -0.480 e. The SMILES string of the molecule is CCCCC/C=C\C/C=C\C/C=C\CCCCCC(Cl)C(=O)O. The van der Waals surface area contributed by atoms with Gasteiger partial charge in [-0.15, -0.1) is 11.6 Å². The zero-order chi connectivity index (χ0) is 17.2. The summed E-state index contributed by atoms with van der Waals surface area (Å²) in [5.74, 6) is -0.908. The van der Waals surface area contributed by atoms with Crippen LogP contribution in [0, 0.1) is 0 Å². The Hall–Kier alpha value is -1.02. The van der Waals surface area contributed by atoms with Crippen LogP contribution in [0.25, 0.3) is 0 Å². The highest BCUT2D eigenvalue weighted by Gasteiger charge is 2.11. The molecule has 0 aromatic heterocycles. The number of alkyl halides is 1.